The van der Waals surface area contributed by atoms with Crippen LogP contribution >= 0.6 is 0 Å². The van der Waals surface area contributed by atoms with Crippen LogP contribution in [-0.4, -0.2) is 38.6 Å². The van der Waals surface area contributed by atoms with Gasteiger partial charge in [-0.05, 0) is 37.0 Å². The second-order valence-corrected chi connectivity index (χ2v) is 8.90. The van der Waals surface area contributed by atoms with E-state index < -0.39 is 14.9 Å². The van der Waals surface area contributed by atoms with Gasteiger partial charge in [0, 0.05) is 37.3 Å². The van der Waals surface area contributed by atoms with Crippen molar-refractivity contribution >= 4 is 33.0 Å². The Labute approximate surface area is 169 Å². The van der Waals surface area contributed by atoms with Gasteiger partial charge in [0.05, 0.1) is 16.9 Å². The first kappa shape index (κ1) is 20.8. The molecule has 0 spiro atoms. The number of fused-ring (bicyclic) bond motifs is 1. The zero-order valence-corrected chi connectivity index (χ0v) is 17.0. The monoisotopic (exact) mass is 417 g/mol. The summed E-state index contributed by atoms with van der Waals surface area (Å²) in [5.74, 6) is -0.0513. The van der Waals surface area contributed by atoms with Gasteiger partial charge in [-0.15, -0.1) is 0 Å². The molecular formula is C20H23N3O5S. The van der Waals surface area contributed by atoms with Crippen LogP contribution in [0.1, 0.15) is 24.8 Å². The topological polar surface area (TPSA) is 101 Å². The lowest BCUT2D eigenvalue weighted by Gasteiger charge is -2.30. The highest BCUT2D eigenvalue weighted by molar-refractivity contribution is 7.92. The predicted octanol–water partition coefficient (Wildman–Crippen LogP) is 3.12. The lowest BCUT2D eigenvalue weighted by molar-refractivity contribution is -0.384. The molecular weight excluding hydrogens is 394 g/mol. The molecule has 0 fully saturated rings. The van der Waals surface area contributed by atoms with Crippen molar-refractivity contribution in [1.29, 1.82) is 0 Å². The van der Waals surface area contributed by atoms with E-state index in [2.05, 4.69) is 0 Å². The van der Waals surface area contributed by atoms with Crippen molar-refractivity contribution < 1.29 is 18.1 Å². The minimum atomic E-state index is -3.65. The summed E-state index contributed by atoms with van der Waals surface area (Å²) < 4.78 is 25.5. The number of hydrogen-bond donors (Lipinski definition) is 0. The molecule has 154 valence electrons. The number of nitro groups is 1. The van der Waals surface area contributed by atoms with Gasteiger partial charge in [0.2, 0.25) is 15.9 Å². The fraction of sp³-hybridized carbons (Fsp3) is 0.350. The van der Waals surface area contributed by atoms with Gasteiger partial charge in [-0.3, -0.25) is 19.2 Å². The average molecular weight is 417 g/mol. The first-order valence-electron chi connectivity index (χ1n) is 9.38. The molecule has 2 aromatic rings. The SMILES string of the molecule is CS(=O)(=O)N(CCCC(=O)N1CCCc2ccccc21)c1cccc([N+](=O)[O-])c1. The number of nitro benzene ring substituents is 1. The van der Waals surface area contributed by atoms with Crippen LogP contribution in [0.25, 0.3) is 0 Å². The molecule has 0 aliphatic carbocycles. The normalized spacial score (nSPS) is 13.6. The van der Waals surface area contributed by atoms with Gasteiger partial charge in [-0.2, -0.15) is 0 Å². The van der Waals surface area contributed by atoms with Gasteiger partial charge in [-0.25, -0.2) is 8.42 Å². The number of sulfonamides is 1. The summed E-state index contributed by atoms with van der Waals surface area (Å²) in [4.78, 5) is 24.9. The van der Waals surface area contributed by atoms with Crippen LogP contribution in [0.2, 0.25) is 0 Å². The third kappa shape index (κ3) is 4.92. The minimum Gasteiger partial charge on any atom is -0.312 e. The number of para-hydroxylation sites is 1. The molecule has 1 aliphatic heterocycles. The van der Waals surface area contributed by atoms with E-state index in [1.54, 1.807) is 4.90 Å². The van der Waals surface area contributed by atoms with Gasteiger partial charge in [0.1, 0.15) is 0 Å². The van der Waals surface area contributed by atoms with Crippen molar-refractivity contribution in [2.24, 2.45) is 0 Å². The molecule has 0 unspecified atom stereocenters. The Hall–Kier alpha value is -2.94. The van der Waals surface area contributed by atoms with Crippen molar-refractivity contribution in [3.8, 4) is 0 Å². The van der Waals surface area contributed by atoms with E-state index in [1.165, 1.54) is 24.3 Å². The molecule has 1 heterocycles. The summed E-state index contributed by atoms with van der Waals surface area (Å²) in [5.41, 5.74) is 2.10. The number of hydrogen-bond acceptors (Lipinski definition) is 5. The van der Waals surface area contributed by atoms with E-state index in [9.17, 15) is 23.3 Å². The predicted molar refractivity (Wildman–Crippen MR) is 112 cm³/mol. The summed E-state index contributed by atoms with van der Waals surface area (Å²) in [6.45, 7) is 0.720. The second-order valence-electron chi connectivity index (χ2n) is 6.99. The number of nitrogens with zero attached hydrogens (tertiary/aromatic N) is 3. The smallest absolute Gasteiger partial charge is 0.271 e. The van der Waals surface area contributed by atoms with Crippen LogP contribution in [0.4, 0.5) is 17.1 Å². The molecule has 0 aromatic heterocycles. The lowest BCUT2D eigenvalue weighted by Crippen LogP contribution is -2.36. The second kappa shape index (κ2) is 8.60. The average Bonchev–Trinajstić information content (AvgIpc) is 2.69. The molecule has 2 aromatic carbocycles. The van der Waals surface area contributed by atoms with E-state index in [-0.39, 0.29) is 30.2 Å². The van der Waals surface area contributed by atoms with E-state index in [0.717, 1.165) is 34.7 Å². The number of amides is 1. The maximum atomic E-state index is 12.7. The van der Waals surface area contributed by atoms with Crippen molar-refractivity contribution in [3.05, 3.63) is 64.2 Å². The number of carbonyl (C=O) groups excluding carboxylic acids is 1. The van der Waals surface area contributed by atoms with Gasteiger partial charge in [-0.1, -0.05) is 24.3 Å². The van der Waals surface area contributed by atoms with E-state index in [1.807, 2.05) is 24.3 Å². The van der Waals surface area contributed by atoms with E-state index >= 15 is 0 Å². The summed E-state index contributed by atoms with van der Waals surface area (Å²) in [6.07, 6.45) is 3.39. The minimum absolute atomic E-state index is 0.0513. The molecule has 0 N–H and O–H groups in total. The number of non-ortho nitro benzene ring substituents is 1. The summed E-state index contributed by atoms with van der Waals surface area (Å²) in [6, 6.07) is 13.3. The van der Waals surface area contributed by atoms with Crippen LogP contribution < -0.4 is 9.21 Å². The molecule has 1 aliphatic rings. The molecule has 1 amide bonds. The molecule has 29 heavy (non-hydrogen) atoms. The van der Waals surface area contributed by atoms with Crippen LogP contribution in [0, 0.1) is 10.1 Å². The van der Waals surface area contributed by atoms with Crippen molar-refractivity contribution in [2.75, 3.05) is 28.6 Å². The van der Waals surface area contributed by atoms with Crippen LogP contribution in [0.3, 0.4) is 0 Å². The third-order valence-electron chi connectivity index (χ3n) is 4.89. The van der Waals surface area contributed by atoms with Gasteiger partial charge in [0.25, 0.3) is 5.69 Å². The van der Waals surface area contributed by atoms with Gasteiger partial charge in [0.15, 0.2) is 0 Å². The summed E-state index contributed by atoms with van der Waals surface area (Å²) in [7, 11) is -3.65. The maximum absolute atomic E-state index is 12.7. The Morgan fingerprint density at radius 2 is 1.97 bits per heavy atom. The highest BCUT2D eigenvalue weighted by Gasteiger charge is 2.23. The standard InChI is InChI=1S/C20H23N3O5S/c1-29(27,28)22(17-9-4-10-18(15-17)23(25)26)14-6-12-20(24)21-13-5-8-16-7-2-3-11-19(16)21/h2-4,7,9-11,15H,5-6,8,12-14H2,1H3. The number of benzene rings is 2. The Kier molecular flexibility index (Phi) is 6.17. The Morgan fingerprint density at radius 1 is 1.21 bits per heavy atom. The highest BCUT2D eigenvalue weighted by atomic mass is 32.2. The lowest BCUT2D eigenvalue weighted by atomic mass is 10.0. The summed E-state index contributed by atoms with van der Waals surface area (Å²) >= 11 is 0. The Bertz CT molecular complexity index is 1020. The molecule has 0 bridgehead atoms. The molecule has 8 nitrogen and oxygen atoms in total. The van der Waals surface area contributed by atoms with Crippen LogP contribution in [-0.2, 0) is 21.2 Å². The van der Waals surface area contributed by atoms with E-state index in [0.29, 0.717) is 13.0 Å². The number of aryl methyl sites for hydroxylation is 1. The van der Waals surface area contributed by atoms with Crippen LogP contribution in [0.15, 0.2) is 48.5 Å². The van der Waals surface area contributed by atoms with Crippen LogP contribution in [0.5, 0.6) is 0 Å². The fourth-order valence-corrected chi connectivity index (χ4v) is 4.51. The van der Waals surface area contributed by atoms with Crippen molar-refractivity contribution in [2.45, 2.75) is 25.7 Å². The molecule has 0 saturated carbocycles. The molecule has 0 atom stereocenters. The number of anilines is 2. The summed E-state index contributed by atoms with van der Waals surface area (Å²) in [5, 5.41) is 11.0. The maximum Gasteiger partial charge on any atom is 0.271 e. The number of carbonyl (C=O) groups is 1. The van der Waals surface area contributed by atoms with Gasteiger partial charge >= 0.3 is 0 Å². The fourth-order valence-electron chi connectivity index (χ4n) is 3.55. The Balaban J connectivity index is 1.69. The largest absolute Gasteiger partial charge is 0.312 e. The quantitative estimate of drug-likeness (QED) is 0.509. The van der Waals surface area contributed by atoms with Crippen molar-refractivity contribution in [1.82, 2.24) is 0 Å². The molecule has 9 heteroatoms. The zero-order chi connectivity index (χ0) is 21.0. The molecule has 0 radical (unpaired) electrons. The third-order valence-corrected chi connectivity index (χ3v) is 6.09. The van der Waals surface area contributed by atoms with Crippen molar-refractivity contribution in [3.63, 3.8) is 0 Å². The first-order chi connectivity index (χ1) is 13.8. The van der Waals surface area contributed by atoms with Gasteiger partial charge < -0.3 is 4.90 Å². The zero-order valence-electron chi connectivity index (χ0n) is 16.2. The highest BCUT2D eigenvalue weighted by Crippen LogP contribution is 2.28. The van der Waals surface area contributed by atoms with E-state index in [4.69, 9.17) is 0 Å². The molecule has 0 saturated heterocycles. The first-order valence-corrected chi connectivity index (χ1v) is 11.2. The number of rotatable bonds is 7. The molecule has 3 rings (SSSR count). The Morgan fingerprint density at radius 3 is 2.69 bits per heavy atom.